The van der Waals surface area contributed by atoms with Crippen molar-refractivity contribution in [3.8, 4) is 10.6 Å². The Bertz CT molecular complexity index is 835. The molecule has 3 aromatic rings. The van der Waals surface area contributed by atoms with Crippen molar-refractivity contribution in [3.05, 3.63) is 35.3 Å². The first-order valence-corrected chi connectivity index (χ1v) is 8.48. The van der Waals surface area contributed by atoms with Crippen LogP contribution in [-0.4, -0.2) is 26.8 Å². The van der Waals surface area contributed by atoms with E-state index in [1.807, 2.05) is 49.9 Å². The molecule has 5 nitrogen and oxygen atoms in total. The summed E-state index contributed by atoms with van der Waals surface area (Å²) in [6.45, 7) is 7.76. The fourth-order valence-electron chi connectivity index (χ4n) is 2.39. The van der Waals surface area contributed by atoms with Crippen molar-refractivity contribution < 1.29 is 9.53 Å². The fourth-order valence-corrected chi connectivity index (χ4v) is 3.08. The van der Waals surface area contributed by atoms with Gasteiger partial charge in [-0.15, -0.1) is 11.3 Å². The molecule has 0 saturated carbocycles. The molecule has 0 amide bonds. The van der Waals surface area contributed by atoms with Gasteiger partial charge < -0.3 is 4.74 Å². The van der Waals surface area contributed by atoms with Crippen molar-refractivity contribution in [3.63, 3.8) is 0 Å². The summed E-state index contributed by atoms with van der Waals surface area (Å²) in [6.07, 6.45) is 1.52. The predicted molar refractivity (Wildman–Crippen MR) is 91.8 cm³/mol. The number of aromatic nitrogens is 3. The van der Waals surface area contributed by atoms with Crippen LogP contribution in [-0.2, 0) is 4.74 Å². The molecule has 0 atom stereocenters. The maximum Gasteiger partial charge on any atom is 0.339 e. The molecule has 3 rings (SSSR count). The van der Waals surface area contributed by atoms with E-state index in [0.717, 1.165) is 16.0 Å². The summed E-state index contributed by atoms with van der Waals surface area (Å²) in [5.41, 5.74) is 1.99. The van der Waals surface area contributed by atoms with Gasteiger partial charge in [0.05, 0.1) is 33.8 Å². The van der Waals surface area contributed by atoms with Crippen LogP contribution >= 0.6 is 11.3 Å². The zero-order valence-electron chi connectivity index (χ0n) is 13.6. The van der Waals surface area contributed by atoms with Crippen LogP contribution < -0.4 is 0 Å². The van der Waals surface area contributed by atoms with Crippen LogP contribution in [0.25, 0.3) is 21.6 Å². The van der Waals surface area contributed by atoms with E-state index in [1.165, 1.54) is 0 Å². The number of fused-ring (bicyclic) bond motifs is 1. The first-order valence-electron chi connectivity index (χ1n) is 7.60. The highest BCUT2D eigenvalue weighted by Gasteiger charge is 2.20. The van der Waals surface area contributed by atoms with Crippen LogP contribution in [0.2, 0.25) is 0 Å². The van der Waals surface area contributed by atoms with Gasteiger partial charge in [0.2, 0.25) is 0 Å². The van der Waals surface area contributed by atoms with Gasteiger partial charge in [-0.1, -0.05) is 6.07 Å². The van der Waals surface area contributed by atoms with E-state index >= 15 is 0 Å². The normalized spacial score (nSPS) is 11.6. The summed E-state index contributed by atoms with van der Waals surface area (Å²) in [5, 5.41) is 7.11. The summed E-state index contributed by atoms with van der Waals surface area (Å²) < 4.78 is 7.22. The minimum absolute atomic E-state index is 0.160. The quantitative estimate of drug-likeness (QED) is 0.669. The molecule has 3 heterocycles. The highest BCUT2D eigenvalue weighted by molar-refractivity contribution is 7.13. The van der Waals surface area contributed by atoms with Gasteiger partial charge in [-0.2, -0.15) is 5.10 Å². The van der Waals surface area contributed by atoms with Crippen LogP contribution in [0.4, 0.5) is 0 Å². The number of nitrogens with zero attached hydrogens (tertiary/aromatic N) is 3. The SMILES string of the molecule is CC(C)OC(=O)c1cc(-c2cccs2)nc2c1cnn2C(C)C. The molecule has 0 aliphatic heterocycles. The van der Waals surface area contributed by atoms with E-state index in [1.54, 1.807) is 23.6 Å². The second-order valence-electron chi connectivity index (χ2n) is 5.91. The second kappa shape index (κ2) is 6.12. The van der Waals surface area contributed by atoms with E-state index in [-0.39, 0.29) is 18.1 Å². The Morgan fingerprint density at radius 3 is 2.70 bits per heavy atom. The minimum Gasteiger partial charge on any atom is -0.459 e. The van der Waals surface area contributed by atoms with Crippen LogP contribution in [0.5, 0.6) is 0 Å². The van der Waals surface area contributed by atoms with Gasteiger partial charge >= 0.3 is 5.97 Å². The molecule has 3 aromatic heterocycles. The number of carbonyl (C=O) groups excluding carboxylic acids is 1. The summed E-state index contributed by atoms with van der Waals surface area (Å²) in [6, 6.07) is 5.92. The van der Waals surface area contributed by atoms with Crippen molar-refractivity contribution in [2.75, 3.05) is 0 Å². The lowest BCUT2D eigenvalue weighted by Gasteiger charge is -2.11. The van der Waals surface area contributed by atoms with E-state index in [4.69, 9.17) is 9.72 Å². The minimum atomic E-state index is -0.339. The standard InChI is InChI=1S/C17H19N3O2S/c1-10(2)20-16-13(9-18-20)12(17(21)22-11(3)4)8-14(19-16)15-6-5-7-23-15/h5-11H,1-4H3. The lowest BCUT2D eigenvalue weighted by Crippen LogP contribution is -2.12. The predicted octanol–water partition coefficient (Wildman–Crippen LogP) is 4.31. The van der Waals surface area contributed by atoms with Gasteiger partial charge in [-0.3, -0.25) is 0 Å². The summed E-state index contributed by atoms with van der Waals surface area (Å²) in [4.78, 5) is 18.2. The molecule has 0 radical (unpaired) electrons. The van der Waals surface area contributed by atoms with Crippen LogP contribution in [0.15, 0.2) is 29.8 Å². The molecule has 6 heteroatoms. The monoisotopic (exact) mass is 329 g/mol. The van der Waals surface area contributed by atoms with Crippen LogP contribution in [0, 0.1) is 0 Å². The lowest BCUT2D eigenvalue weighted by atomic mass is 10.1. The van der Waals surface area contributed by atoms with Gasteiger partial charge in [-0.25, -0.2) is 14.5 Å². The summed E-state index contributed by atoms with van der Waals surface area (Å²) in [7, 11) is 0. The van der Waals surface area contributed by atoms with Crippen molar-refractivity contribution in [2.24, 2.45) is 0 Å². The molecule has 0 N–H and O–H groups in total. The van der Waals surface area contributed by atoms with E-state index < -0.39 is 0 Å². The number of hydrogen-bond acceptors (Lipinski definition) is 5. The highest BCUT2D eigenvalue weighted by Crippen LogP contribution is 2.29. The average Bonchev–Trinajstić information content (AvgIpc) is 3.14. The summed E-state index contributed by atoms with van der Waals surface area (Å²) >= 11 is 1.59. The number of thiophene rings is 1. The maximum absolute atomic E-state index is 12.5. The third kappa shape index (κ3) is 2.99. The zero-order valence-corrected chi connectivity index (χ0v) is 14.4. The van der Waals surface area contributed by atoms with Crippen LogP contribution in [0.1, 0.15) is 44.1 Å². The topological polar surface area (TPSA) is 57.0 Å². The van der Waals surface area contributed by atoms with Crippen molar-refractivity contribution >= 4 is 28.3 Å². The molecule has 120 valence electrons. The first-order chi connectivity index (χ1) is 11.0. The average molecular weight is 329 g/mol. The van der Waals surface area contributed by atoms with E-state index in [2.05, 4.69) is 5.10 Å². The van der Waals surface area contributed by atoms with Gasteiger partial charge in [0.1, 0.15) is 0 Å². The Balaban J connectivity index is 2.22. The Kier molecular flexibility index (Phi) is 4.17. The maximum atomic E-state index is 12.5. The summed E-state index contributed by atoms with van der Waals surface area (Å²) in [5.74, 6) is -0.339. The first kappa shape index (κ1) is 15.7. The molecule has 23 heavy (non-hydrogen) atoms. The molecule has 0 aliphatic carbocycles. The Morgan fingerprint density at radius 1 is 1.30 bits per heavy atom. The molecular formula is C17H19N3O2S. The number of rotatable bonds is 4. The lowest BCUT2D eigenvalue weighted by molar-refractivity contribution is 0.0380. The van der Waals surface area contributed by atoms with E-state index in [0.29, 0.717) is 11.2 Å². The Morgan fingerprint density at radius 2 is 2.09 bits per heavy atom. The molecule has 0 fully saturated rings. The van der Waals surface area contributed by atoms with Crippen LogP contribution in [0.3, 0.4) is 0 Å². The van der Waals surface area contributed by atoms with Gasteiger partial charge in [0.25, 0.3) is 0 Å². The molecule has 0 saturated heterocycles. The van der Waals surface area contributed by atoms with Gasteiger partial charge in [-0.05, 0) is 45.2 Å². The van der Waals surface area contributed by atoms with Crippen molar-refractivity contribution in [1.82, 2.24) is 14.8 Å². The Hall–Kier alpha value is -2.21. The molecule has 0 unspecified atom stereocenters. The highest BCUT2D eigenvalue weighted by atomic mass is 32.1. The Labute approximate surface area is 138 Å². The molecule has 0 bridgehead atoms. The second-order valence-corrected chi connectivity index (χ2v) is 6.85. The number of carbonyl (C=O) groups is 1. The van der Waals surface area contributed by atoms with Crippen molar-refractivity contribution in [2.45, 2.75) is 39.8 Å². The third-order valence-electron chi connectivity index (χ3n) is 3.39. The number of ether oxygens (including phenoxy) is 1. The molecular weight excluding hydrogens is 310 g/mol. The molecule has 0 aromatic carbocycles. The largest absolute Gasteiger partial charge is 0.459 e. The fraction of sp³-hybridized carbons (Fsp3) is 0.353. The zero-order chi connectivity index (χ0) is 16.6. The number of esters is 1. The number of hydrogen-bond donors (Lipinski definition) is 0. The number of pyridine rings is 1. The van der Waals surface area contributed by atoms with Crippen molar-refractivity contribution in [1.29, 1.82) is 0 Å². The van der Waals surface area contributed by atoms with Gasteiger partial charge in [0.15, 0.2) is 5.65 Å². The smallest absolute Gasteiger partial charge is 0.339 e. The third-order valence-corrected chi connectivity index (χ3v) is 4.28. The van der Waals surface area contributed by atoms with Gasteiger partial charge in [0, 0.05) is 6.04 Å². The van der Waals surface area contributed by atoms with E-state index in [9.17, 15) is 4.79 Å². The molecule has 0 spiro atoms. The molecule has 0 aliphatic rings.